The molecule has 5 heteroatoms. The van der Waals surface area contributed by atoms with Gasteiger partial charge in [0.15, 0.2) is 0 Å². The quantitative estimate of drug-likeness (QED) is 0.868. The first-order valence-corrected chi connectivity index (χ1v) is 8.48. The van der Waals surface area contributed by atoms with Crippen LogP contribution < -0.4 is 10.2 Å². The molecule has 0 spiro atoms. The Morgan fingerprint density at radius 1 is 1.22 bits per heavy atom. The van der Waals surface area contributed by atoms with Crippen LogP contribution in [0.3, 0.4) is 0 Å². The first kappa shape index (κ1) is 15.8. The van der Waals surface area contributed by atoms with Crippen molar-refractivity contribution in [3.63, 3.8) is 0 Å². The molecule has 2 fully saturated rings. The first-order chi connectivity index (χ1) is 11.1. The molecule has 0 unspecified atom stereocenters. The highest BCUT2D eigenvalue weighted by Gasteiger charge is 2.32. The van der Waals surface area contributed by atoms with E-state index in [0.29, 0.717) is 0 Å². The Balaban J connectivity index is 1.52. The Morgan fingerprint density at radius 3 is 2.65 bits per heavy atom. The molecular weight excluding hydrogens is 290 g/mol. The monoisotopic (exact) mass is 315 g/mol. The van der Waals surface area contributed by atoms with E-state index in [2.05, 4.69) is 29.4 Å². The molecule has 5 nitrogen and oxygen atoms in total. The molecule has 0 bridgehead atoms. The summed E-state index contributed by atoms with van der Waals surface area (Å²) in [5.41, 5.74) is 1.16. The fourth-order valence-corrected chi connectivity index (χ4v) is 3.21. The van der Waals surface area contributed by atoms with Gasteiger partial charge < -0.3 is 15.1 Å². The van der Waals surface area contributed by atoms with Crippen LogP contribution in [-0.4, -0.2) is 49.4 Å². The van der Waals surface area contributed by atoms with Crippen molar-refractivity contribution in [1.82, 2.24) is 10.2 Å². The maximum absolute atomic E-state index is 12.4. The third kappa shape index (κ3) is 4.03. The van der Waals surface area contributed by atoms with E-state index in [4.69, 9.17) is 0 Å². The standard InChI is InChI=1S/C18H25N3O2/c1-20(15-6-3-2-4-7-15)13-16-8-5-11-21(16)17(22)12-19-18(23)14-9-10-14/h2-4,6-7,14,16H,5,8-13H2,1H3,(H,19,23)/t16-/m0/s1. The van der Waals surface area contributed by atoms with E-state index in [0.717, 1.165) is 44.5 Å². The Morgan fingerprint density at radius 2 is 1.96 bits per heavy atom. The van der Waals surface area contributed by atoms with Gasteiger partial charge in [0.2, 0.25) is 11.8 Å². The number of likely N-dealkylation sites (tertiary alicyclic amines) is 1. The number of benzene rings is 1. The number of carbonyl (C=O) groups excluding carboxylic acids is 2. The third-order valence-electron chi connectivity index (χ3n) is 4.74. The average molecular weight is 315 g/mol. The van der Waals surface area contributed by atoms with Crippen molar-refractivity contribution in [1.29, 1.82) is 0 Å². The molecule has 23 heavy (non-hydrogen) atoms. The second kappa shape index (κ2) is 7.02. The highest BCUT2D eigenvalue weighted by molar-refractivity contribution is 5.87. The van der Waals surface area contributed by atoms with Gasteiger partial charge in [0.25, 0.3) is 0 Å². The molecule has 1 saturated carbocycles. The topological polar surface area (TPSA) is 52.6 Å². The molecule has 1 saturated heterocycles. The highest BCUT2D eigenvalue weighted by atomic mass is 16.2. The minimum Gasteiger partial charge on any atom is -0.373 e. The van der Waals surface area contributed by atoms with Gasteiger partial charge in [0, 0.05) is 37.8 Å². The molecular formula is C18H25N3O2. The Labute approximate surface area is 137 Å². The maximum Gasteiger partial charge on any atom is 0.242 e. The number of para-hydroxylation sites is 1. The lowest BCUT2D eigenvalue weighted by Crippen LogP contribution is -2.46. The molecule has 2 amide bonds. The predicted octanol–water partition coefficient (Wildman–Crippen LogP) is 1.64. The van der Waals surface area contributed by atoms with Gasteiger partial charge in [-0.05, 0) is 37.8 Å². The van der Waals surface area contributed by atoms with E-state index < -0.39 is 0 Å². The smallest absolute Gasteiger partial charge is 0.242 e. The molecule has 1 heterocycles. The van der Waals surface area contributed by atoms with E-state index in [1.807, 2.05) is 23.1 Å². The number of nitrogens with zero attached hydrogens (tertiary/aromatic N) is 2. The Hall–Kier alpha value is -2.04. The number of likely N-dealkylation sites (N-methyl/N-ethyl adjacent to an activating group) is 1. The van der Waals surface area contributed by atoms with E-state index in [-0.39, 0.29) is 30.3 Å². The molecule has 1 aliphatic carbocycles. The second-order valence-electron chi connectivity index (χ2n) is 6.59. The lowest BCUT2D eigenvalue weighted by Gasteiger charge is -2.30. The lowest BCUT2D eigenvalue weighted by molar-refractivity contribution is -0.133. The average Bonchev–Trinajstić information content (AvgIpc) is 3.33. The van der Waals surface area contributed by atoms with Gasteiger partial charge in [-0.25, -0.2) is 0 Å². The number of hydrogen-bond donors (Lipinski definition) is 1. The SMILES string of the molecule is CN(C[C@@H]1CCCN1C(=O)CNC(=O)C1CC1)c1ccccc1. The molecule has 0 aromatic heterocycles. The third-order valence-corrected chi connectivity index (χ3v) is 4.74. The van der Waals surface area contributed by atoms with Crippen molar-refractivity contribution in [2.75, 3.05) is 31.6 Å². The first-order valence-electron chi connectivity index (χ1n) is 8.48. The van der Waals surface area contributed by atoms with Crippen LogP contribution in [0.1, 0.15) is 25.7 Å². The van der Waals surface area contributed by atoms with Crippen LogP contribution in [0, 0.1) is 5.92 Å². The summed E-state index contributed by atoms with van der Waals surface area (Å²) >= 11 is 0. The van der Waals surface area contributed by atoms with Crippen molar-refractivity contribution in [2.24, 2.45) is 5.92 Å². The van der Waals surface area contributed by atoms with Gasteiger partial charge in [-0.3, -0.25) is 9.59 Å². The van der Waals surface area contributed by atoms with Crippen LogP contribution in [0.5, 0.6) is 0 Å². The zero-order valence-electron chi connectivity index (χ0n) is 13.7. The fourth-order valence-electron chi connectivity index (χ4n) is 3.21. The molecule has 1 N–H and O–H groups in total. The van der Waals surface area contributed by atoms with Crippen molar-refractivity contribution >= 4 is 17.5 Å². The van der Waals surface area contributed by atoms with Crippen molar-refractivity contribution in [2.45, 2.75) is 31.7 Å². The van der Waals surface area contributed by atoms with Gasteiger partial charge in [-0.15, -0.1) is 0 Å². The van der Waals surface area contributed by atoms with Crippen molar-refractivity contribution in [3.05, 3.63) is 30.3 Å². The van der Waals surface area contributed by atoms with Crippen molar-refractivity contribution < 1.29 is 9.59 Å². The van der Waals surface area contributed by atoms with Gasteiger partial charge in [-0.2, -0.15) is 0 Å². The minimum atomic E-state index is 0.0375. The largest absolute Gasteiger partial charge is 0.373 e. The van der Waals surface area contributed by atoms with Crippen molar-refractivity contribution in [3.8, 4) is 0 Å². The molecule has 1 aromatic rings. The summed E-state index contributed by atoms with van der Waals surface area (Å²) in [5, 5.41) is 2.78. The minimum absolute atomic E-state index is 0.0375. The Bertz CT molecular complexity index is 557. The van der Waals surface area contributed by atoms with Gasteiger partial charge in [-0.1, -0.05) is 18.2 Å². The number of rotatable bonds is 6. The summed E-state index contributed by atoms with van der Waals surface area (Å²) in [5.74, 6) is 0.236. The molecule has 3 rings (SSSR count). The predicted molar refractivity (Wildman–Crippen MR) is 90.2 cm³/mol. The van der Waals surface area contributed by atoms with Crippen LogP contribution in [0.4, 0.5) is 5.69 Å². The van der Waals surface area contributed by atoms with Gasteiger partial charge >= 0.3 is 0 Å². The number of anilines is 1. The van der Waals surface area contributed by atoms with Gasteiger partial charge in [0.1, 0.15) is 0 Å². The van der Waals surface area contributed by atoms with Crippen LogP contribution in [0.2, 0.25) is 0 Å². The fraction of sp³-hybridized carbons (Fsp3) is 0.556. The summed E-state index contributed by atoms with van der Waals surface area (Å²) in [7, 11) is 2.06. The highest BCUT2D eigenvalue weighted by Crippen LogP contribution is 2.28. The van der Waals surface area contributed by atoms with E-state index in [9.17, 15) is 9.59 Å². The summed E-state index contributed by atoms with van der Waals surface area (Å²) in [4.78, 5) is 28.2. The molecule has 0 radical (unpaired) electrons. The van der Waals surface area contributed by atoms with E-state index in [1.165, 1.54) is 0 Å². The normalized spacial score (nSPS) is 20.4. The summed E-state index contributed by atoms with van der Waals surface area (Å²) < 4.78 is 0. The molecule has 1 aliphatic heterocycles. The summed E-state index contributed by atoms with van der Waals surface area (Å²) in [6, 6.07) is 10.4. The lowest BCUT2D eigenvalue weighted by atomic mass is 10.2. The molecule has 2 aliphatic rings. The number of hydrogen-bond acceptors (Lipinski definition) is 3. The van der Waals surface area contributed by atoms with Crippen LogP contribution in [-0.2, 0) is 9.59 Å². The Kier molecular flexibility index (Phi) is 4.84. The number of carbonyl (C=O) groups is 2. The zero-order valence-corrected chi connectivity index (χ0v) is 13.7. The van der Waals surface area contributed by atoms with E-state index >= 15 is 0 Å². The number of nitrogens with one attached hydrogen (secondary N) is 1. The van der Waals surface area contributed by atoms with Gasteiger partial charge in [0.05, 0.1) is 6.54 Å². The molecule has 1 aromatic carbocycles. The maximum atomic E-state index is 12.4. The number of amides is 2. The second-order valence-corrected chi connectivity index (χ2v) is 6.59. The zero-order chi connectivity index (χ0) is 16.2. The van der Waals surface area contributed by atoms with Crippen LogP contribution >= 0.6 is 0 Å². The summed E-state index contributed by atoms with van der Waals surface area (Å²) in [6.45, 7) is 1.76. The van der Waals surface area contributed by atoms with Crippen LogP contribution in [0.15, 0.2) is 30.3 Å². The van der Waals surface area contributed by atoms with Crippen LogP contribution in [0.25, 0.3) is 0 Å². The molecule has 124 valence electrons. The molecule has 1 atom stereocenters. The summed E-state index contributed by atoms with van der Waals surface area (Å²) in [6.07, 6.45) is 4.00. The van der Waals surface area contributed by atoms with E-state index in [1.54, 1.807) is 0 Å².